The Labute approximate surface area is 246 Å². The van der Waals surface area contributed by atoms with Crippen LogP contribution in [0.15, 0.2) is 36.4 Å². The second-order valence-corrected chi connectivity index (χ2v) is 13.9. The SMILES string of the molecule is CC1CCC(C)CC1.CCc1cc(C(C)(C)C)cc(C(C)(C)C)c1OC.Cc1nc(N(C)C)c2ccccc2n1. The Hall–Kier alpha value is -2.62. The van der Waals surface area contributed by atoms with Gasteiger partial charge in [0.2, 0.25) is 0 Å². The molecule has 2 aromatic carbocycles. The van der Waals surface area contributed by atoms with Crippen LogP contribution in [0.1, 0.15) is 111 Å². The van der Waals surface area contributed by atoms with Crippen molar-refractivity contribution in [2.75, 3.05) is 26.1 Å². The van der Waals surface area contributed by atoms with E-state index >= 15 is 0 Å². The van der Waals surface area contributed by atoms with E-state index in [1.165, 1.54) is 42.4 Å². The lowest BCUT2D eigenvalue weighted by atomic mass is 9.78. The van der Waals surface area contributed by atoms with E-state index in [0.29, 0.717) is 0 Å². The van der Waals surface area contributed by atoms with Crippen molar-refractivity contribution in [3.63, 3.8) is 0 Å². The lowest BCUT2D eigenvalue weighted by Crippen LogP contribution is -2.18. The number of nitrogens with zero attached hydrogens (tertiary/aromatic N) is 3. The first-order valence-electron chi connectivity index (χ1n) is 15.2. The van der Waals surface area contributed by atoms with Crippen LogP contribution in [0.2, 0.25) is 0 Å². The van der Waals surface area contributed by atoms with Crippen molar-refractivity contribution in [1.82, 2.24) is 9.97 Å². The molecule has 0 N–H and O–H groups in total. The van der Waals surface area contributed by atoms with E-state index in [0.717, 1.165) is 46.6 Å². The Morgan fingerprint density at radius 2 is 1.40 bits per heavy atom. The number of fused-ring (bicyclic) bond motifs is 1. The quantitative estimate of drug-likeness (QED) is 0.327. The first-order valence-corrected chi connectivity index (χ1v) is 15.2. The highest BCUT2D eigenvalue weighted by atomic mass is 16.5. The maximum Gasteiger partial charge on any atom is 0.139 e. The molecule has 1 aliphatic carbocycles. The van der Waals surface area contributed by atoms with E-state index in [9.17, 15) is 0 Å². The normalized spacial score (nSPS) is 17.3. The Morgan fingerprint density at radius 3 is 1.85 bits per heavy atom. The molecule has 1 heterocycles. The number of aromatic nitrogens is 2. The predicted molar refractivity (Wildman–Crippen MR) is 175 cm³/mol. The van der Waals surface area contributed by atoms with Gasteiger partial charge in [0.05, 0.1) is 12.6 Å². The van der Waals surface area contributed by atoms with Gasteiger partial charge in [-0.15, -0.1) is 0 Å². The maximum absolute atomic E-state index is 5.66. The van der Waals surface area contributed by atoms with E-state index in [-0.39, 0.29) is 10.8 Å². The van der Waals surface area contributed by atoms with Gasteiger partial charge >= 0.3 is 0 Å². The number of anilines is 1. The summed E-state index contributed by atoms with van der Waals surface area (Å²) in [5, 5.41) is 1.10. The molecule has 4 heteroatoms. The summed E-state index contributed by atoms with van der Waals surface area (Å²) in [6, 6.07) is 12.7. The molecule has 3 aromatic rings. The van der Waals surface area contributed by atoms with Crippen molar-refractivity contribution in [3.05, 3.63) is 58.9 Å². The third-order valence-corrected chi connectivity index (χ3v) is 7.85. The Bertz CT molecular complexity index is 1200. The van der Waals surface area contributed by atoms with Gasteiger partial charge in [0, 0.05) is 25.0 Å². The molecule has 40 heavy (non-hydrogen) atoms. The van der Waals surface area contributed by atoms with E-state index < -0.39 is 0 Å². The minimum atomic E-state index is 0.108. The average Bonchev–Trinajstić information content (AvgIpc) is 2.88. The molecule has 0 unspecified atom stereocenters. The molecular weight excluding hydrogens is 490 g/mol. The van der Waals surface area contributed by atoms with Crippen LogP contribution in [-0.4, -0.2) is 31.2 Å². The molecule has 222 valence electrons. The van der Waals surface area contributed by atoms with Crippen LogP contribution in [0.25, 0.3) is 10.9 Å². The van der Waals surface area contributed by atoms with Crippen molar-refractivity contribution in [2.24, 2.45) is 11.8 Å². The zero-order valence-electron chi connectivity index (χ0n) is 27.9. The van der Waals surface area contributed by atoms with Gasteiger partial charge in [-0.1, -0.05) is 112 Å². The molecule has 0 radical (unpaired) electrons. The number of para-hydroxylation sites is 1. The molecule has 4 nitrogen and oxygen atoms in total. The van der Waals surface area contributed by atoms with Crippen LogP contribution < -0.4 is 9.64 Å². The summed E-state index contributed by atoms with van der Waals surface area (Å²) < 4.78 is 5.66. The predicted octanol–water partition coefficient (Wildman–Crippen LogP) is 9.69. The molecule has 1 aliphatic rings. The van der Waals surface area contributed by atoms with Crippen LogP contribution >= 0.6 is 0 Å². The molecule has 0 bridgehead atoms. The molecule has 1 aromatic heterocycles. The van der Waals surface area contributed by atoms with Crippen LogP contribution in [-0.2, 0) is 17.3 Å². The third-order valence-electron chi connectivity index (χ3n) is 7.85. The highest BCUT2D eigenvalue weighted by Gasteiger charge is 2.25. The van der Waals surface area contributed by atoms with E-state index in [1.807, 2.05) is 50.2 Å². The van der Waals surface area contributed by atoms with E-state index in [1.54, 1.807) is 7.11 Å². The number of aryl methyl sites for hydroxylation is 2. The van der Waals surface area contributed by atoms with Gasteiger partial charge in [-0.2, -0.15) is 0 Å². The minimum Gasteiger partial charge on any atom is -0.496 e. The van der Waals surface area contributed by atoms with E-state index in [2.05, 4.69) is 84.4 Å². The number of ether oxygens (including phenoxy) is 1. The van der Waals surface area contributed by atoms with Gasteiger partial charge in [0.25, 0.3) is 0 Å². The summed E-state index contributed by atoms with van der Waals surface area (Å²) in [4.78, 5) is 10.8. The van der Waals surface area contributed by atoms with Crippen LogP contribution in [0.3, 0.4) is 0 Å². The summed E-state index contributed by atoms with van der Waals surface area (Å²) in [6.07, 6.45) is 6.90. The van der Waals surface area contributed by atoms with Crippen molar-refractivity contribution in [2.45, 2.75) is 112 Å². The lowest BCUT2D eigenvalue weighted by molar-refractivity contribution is 0.308. The summed E-state index contributed by atoms with van der Waals surface area (Å²) >= 11 is 0. The van der Waals surface area contributed by atoms with Crippen LogP contribution in [0, 0.1) is 18.8 Å². The summed E-state index contributed by atoms with van der Waals surface area (Å²) in [7, 11) is 5.77. The first-order chi connectivity index (χ1) is 18.6. The molecule has 0 saturated heterocycles. The smallest absolute Gasteiger partial charge is 0.139 e. The zero-order chi connectivity index (χ0) is 30.3. The molecule has 4 rings (SSSR count). The van der Waals surface area contributed by atoms with Gasteiger partial charge in [-0.05, 0) is 59.3 Å². The monoisotopic (exact) mass is 547 g/mol. The minimum absolute atomic E-state index is 0.108. The summed E-state index contributed by atoms with van der Waals surface area (Å²) in [5.74, 6) is 4.90. The number of hydrogen-bond acceptors (Lipinski definition) is 4. The Balaban J connectivity index is 0.000000225. The second-order valence-electron chi connectivity index (χ2n) is 13.9. The third kappa shape index (κ3) is 9.49. The molecule has 0 spiro atoms. The molecule has 1 fully saturated rings. The highest BCUT2D eigenvalue weighted by molar-refractivity contribution is 5.89. The maximum atomic E-state index is 5.66. The van der Waals surface area contributed by atoms with Crippen LogP contribution in [0.4, 0.5) is 5.82 Å². The van der Waals surface area contributed by atoms with Crippen molar-refractivity contribution in [1.29, 1.82) is 0 Å². The molecule has 0 aliphatic heterocycles. The average molecular weight is 548 g/mol. The Kier molecular flexibility index (Phi) is 12.0. The second kappa shape index (κ2) is 14.3. The molecule has 0 atom stereocenters. The molecule has 0 amide bonds. The fourth-order valence-corrected chi connectivity index (χ4v) is 5.12. The summed E-state index contributed by atoms with van der Waals surface area (Å²) in [6.45, 7) is 22.4. The van der Waals surface area contributed by atoms with E-state index in [4.69, 9.17) is 4.74 Å². The van der Waals surface area contributed by atoms with Gasteiger partial charge in [-0.3, -0.25) is 0 Å². The standard InChI is InChI=1S/C17H28O.C11H13N3.C8H16/c1-9-12-10-13(16(2,3)4)11-14(15(12)18-8)17(5,6)7;1-8-12-10-7-5-4-6-9(10)11(13-8)14(2)3;1-7-3-5-8(2)6-4-7/h10-11H,9H2,1-8H3;4-7H,1-3H3;7-8H,3-6H2,1-2H3. The van der Waals surface area contributed by atoms with Gasteiger partial charge in [-0.25, -0.2) is 9.97 Å². The van der Waals surface area contributed by atoms with Gasteiger partial charge < -0.3 is 9.64 Å². The van der Waals surface area contributed by atoms with Gasteiger partial charge in [0.15, 0.2) is 0 Å². The number of methoxy groups -OCH3 is 1. The highest BCUT2D eigenvalue weighted by Crippen LogP contribution is 2.38. The first kappa shape index (κ1) is 33.6. The lowest BCUT2D eigenvalue weighted by Gasteiger charge is -2.28. The fourth-order valence-electron chi connectivity index (χ4n) is 5.12. The molecule has 1 saturated carbocycles. The number of rotatable bonds is 3. The van der Waals surface area contributed by atoms with Gasteiger partial charge in [0.1, 0.15) is 17.4 Å². The molecular formula is C36H57N3O. The number of benzene rings is 2. The zero-order valence-corrected chi connectivity index (χ0v) is 27.9. The number of hydrogen-bond donors (Lipinski definition) is 0. The van der Waals surface area contributed by atoms with Crippen molar-refractivity contribution >= 4 is 16.7 Å². The Morgan fingerprint density at radius 1 is 0.850 bits per heavy atom. The van der Waals surface area contributed by atoms with Crippen LogP contribution in [0.5, 0.6) is 5.75 Å². The van der Waals surface area contributed by atoms with Crippen molar-refractivity contribution < 1.29 is 4.74 Å². The topological polar surface area (TPSA) is 38.2 Å². The fraction of sp³-hybridized carbons (Fsp3) is 0.611. The summed E-state index contributed by atoms with van der Waals surface area (Å²) in [5.41, 5.74) is 5.31. The van der Waals surface area contributed by atoms with Crippen molar-refractivity contribution in [3.8, 4) is 5.75 Å². The largest absolute Gasteiger partial charge is 0.496 e.